The molecule has 1 aliphatic rings. The van der Waals surface area contributed by atoms with Gasteiger partial charge in [0.25, 0.3) is 0 Å². The molecule has 1 heterocycles. The number of likely N-dealkylation sites (tertiary alicyclic amines) is 1. The number of β-amino-alcohol motifs (C(OH)–C–C–N with tert-alkyl or cyclic N) is 1. The molecule has 20 heavy (non-hydrogen) atoms. The number of rotatable bonds is 6. The van der Waals surface area contributed by atoms with E-state index in [0.29, 0.717) is 26.2 Å². The summed E-state index contributed by atoms with van der Waals surface area (Å²) in [5.41, 5.74) is 2.19. The van der Waals surface area contributed by atoms with Gasteiger partial charge in [0.2, 0.25) is 5.91 Å². The second kappa shape index (κ2) is 7.38. The van der Waals surface area contributed by atoms with Crippen LogP contribution in [-0.2, 0) is 22.7 Å². The Bertz CT molecular complexity index is 433. The quantitative estimate of drug-likeness (QED) is 0.796. The molecule has 0 saturated carbocycles. The maximum atomic E-state index is 11.8. The van der Waals surface area contributed by atoms with Gasteiger partial charge in [0.05, 0.1) is 19.3 Å². The summed E-state index contributed by atoms with van der Waals surface area (Å²) in [5.74, 6) is 0.0000630. The Kier molecular flexibility index (Phi) is 5.52. The van der Waals surface area contributed by atoms with E-state index in [1.807, 2.05) is 29.2 Å². The predicted molar refractivity (Wildman–Crippen MR) is 76.1 cm³/mol. The molecule has 1 aliphatic heterocycles. The van der Waals surface area contributed by atoms with Gasteiger partial charge in [0.1, 0.15) is 0 Å². The highest BCUT2D eigenvalue weighted by Gasteiger charge is 2.21. The van der Waals surface area contributed by atoms with E-state index < -0.39 is 0 Å². The van der Waals surface area contributed by atoms with Crippen molar-refractivity contribution < 1.29 is 14.6 Å². The lowest BCUT2D eigenvalue weighted by molar-refractivity contribution is -0.122. The number of amides is 1. The van der Waals surface area contributed by atoms with Crippen LogP contribution in [0.4, 0.5) is 0 Å². The second-order valence-corrected chi connectivity index (χ2v) is 5.20. The third-order valence-corrected chi connectivity index (χ3v) is 3.44. The first-order valence-electron chi connectivity index (χ1n) is 6.91. The van der Waals surface area contributed by atoms with Gasteiger partial charge >= 0.3 is 0 Å². The van der Waals surface area contributed by atoms with E-state index in [1.165, 1.54) is 0 Å². The van der Waals surface area contributed by atoms with E-state index in [2.05, 4.69) is 5.32 Å². The van der Waals surface area contributed by atoms with Crippen molar-refractivity contribution in [1.29, 1.82) is 0 Å². The minimum Gasteiger partial charge on any atom is -0.392 e. The van der Waals surface area contributed by atoms with Gasteiger partial charge in [-0.2, -0.15) is 0 Å². The van der Waals surface area contributed by atoms with E-state index in [4.69, 9.17) is 4.74 Å². The summed E-state index contributed by atoms with van der Waals surface area (Å²) in [7, 11) is 1.67. The Labute approximate surface area is 119 Å². The summed E-state index contributed by atoms with van der Waals surface area (Å²) < 4.78 is 5.05. The molecule has 0 bridgehead atoms. The molecule has 0 spiro atoms. The van der Waals surface area contributed by atoms with Crippen molar-refractivity contribution >= 4 is 5.91 Å². The van der Waals surface area contributed by atoms with Crippen LogP contribution in [0.25, 0.3) is 0 Å². The van der Waals surface area contributed by atoms with Crippen LogP contribution in [0, 0.1) is 0 Å². The Hall–Kier alpha value is -1.43. The Morgan fingerprint density at radius 2 is 2.10 bits per heavy atom. The van der Waals surface area contributed by atoms with E-state index in [-0.39, 0.29) is 12.0 Å². The lowest BCUT2D eigenvalue weighted by Crippen LogP contribution is -2.36. The van der Waals surface area contributed by atoms with Gasteiger partial charge in [-0.05, 0) is 17.5 Å². The van der Waals surface area contributed by atoms with Gasteiger partial charge < -0.3 is 15.2 Å². The van der Waals surface area contributed by atoms with Crippen LogP contribution in [-0.4, -0.2) is 48.8 Å². The van der Waals surface area contributed by atoms with E-state index in [1.54, 1.807) is 7.11 Å². The molecule has 110 valence electrons. The van der Waals surface area contributed by atoms with E-state index in [9.17, 15) is 9.90 Å². The van der Waals surface area contributed by atoms with Crippen molar-refractivity contribution in [3.05, 3.63) is 35.4 Å². The molecule has 1 fully saturated rings. The third-order valence-electron chi connectivity index (χ3n) is 3.44. The number of aliphatic hydroxyl groups excluding tert-OH is 1. The zero-order valence-electron chi connectivity index (χ0n) is 11.8. The summed E-state index contributed by atoms with van der Waals surface area (Å²) in [6, 6.07) is 7.99. The number of carbonyl (C=O) groups is 1. The third kappa shape index (κ3) is 4.59. The largest absolute Gasteiger partial charge is 0.392 e. The zero-order valence-corrected chi connectivity index (χ0v) is 11.8. The van der Waals surface area contributed by atoms with Crippen molar-refractivity contribution in [2.75, 3.05) is 26.7 Å². The predicted octanol–water partition coefficient (Wildman–Crippen LogP) is 0.516. The number of ether oxygens (including phenoxy) is 1. The highest BCUT2D eigenvalue weighted by molar-refractivity contribution is 5.78. The van der Waals surface area contributed by atoms with E-state index >= 15 is 0 Å². The number of nitrogens with zero attached hydrogens (tertiary/aromatic N) is 1. The highest BCUT2D eigenvalue weighted by Crippen LogP contribution is 2.08. The number of hydrogen-bond donors (Lipinski definition) is 2. The summed E-state index contributed by atoms with van der Waals surface area (Å²) in [6.45, 7) is 2.88. The smallest absolute Gasteiger partial charge is 0.234 e. The molecule has 0 aromatic heterocycles. The molecule has 0 aliphatic carbocycles. The first-order chi connectivity index (χ1) is 9.67. The molecule has 2 rings (SSSR count). The maximum Gasteiger partial charge on any atom is 0.234 e. The normalized spacial score (nSPS) is 19.2. The van der Waals surface area contributed by atoms with Gasteiger partial charge in [-0.25, -0.2) is 0 Å². The fourth-order valence-electron chi connectivity index (χ4n) is 2.34. The molecule has 0 radical (unpaired) electrons. The standard InChI is InChI=1S/C15H22N2O3/c1-20-11-13-4-2-12(3-5-13)8-16-15(19)10-17-7-6-14(18)9-17/h2-5,14,18H,6-11H2,1H3,(H,16,19)/t14-/m0/s1. The molecular weight excluding hydrogens is 256 g/mol. The fraction of sp³-hybridized carbons (Fsp3) is 0.533. The highest BCUT2D eigenvalue weighted by atomic mass is 16.5. The minimum absolute atomic E-state index is 0.0000630. The number of carbonyl (C=O) groups excluding carboxylic acids is 1. The van der Waals surface area contributed by atoms with Crippen LogP contribution >= 0.6 is 0 Å². The molecule has 2 N–H and O–H groups in total. The number of hydrogen-bond acceptors (Lipinski definition) is 4. The Balaban J connectivity index is 1.72. The van der Waals surface area contributed by atoms with Gasteiger partial charge in [-0.15, -0.1) is 0 Å². The van der Waals surface area contributed by atoms with Crippen LogP contribution in [0.1, 0.15) is 17.5 Å². The van der Waals surface area contributed by atoms with Crippen LogP contribution in [0.3, 0.4) is 0 Å². The first kappa shape index (κ1) is 15.0. The molecule has 1 saturated heterocycles. The van der Waals surface area contributed by atoms with E-state index in [0.717, 1.165) is 24.1 Å². The van der Waals surface area contributed by atoms with Crippen molar-refractivity contribution in [2.45, 2.75) is 25.7 Å². The van der Waals surface area contributed by atoms with Crippen LogP contribution in [0.2, 0.25) is 0 Å². The van der Waals surface area contributed by atoms with Crippen molar-refractivity contribution in [3.8, 4) is 0 Å². The van der Waals surface area contributed by atoms with Gasteiger partial charge in [0, 0.05) is 26.7 Å². The van der Waals surface area contributed by atoms with Gasteiger partial charge in [-0.3, -0.25) is 9.69 Å². The molecule has 5 heteroatoms. The summed E-state index contributed by atoms with van der Waals surface area (Å²) >= 11 is 0. The molecular formula is C15H22N2O3. The molecule has 0 unspecified atom stereocenters. The number of benzene rings is 1. The first-order valence-corrected chi connectivity index (χ1v) is 6.91. The average molecular weight is 278 g/mol. The Morgan fingerprint density at radius 1 is 1.40 bits per heavy atom. The number of aliphatic hydroxyl groups is 1. The van der Waals surface area contributed by atoms with Crippen LogP contribution in [0.5, 0.6) is 0 Å². The average Bonchev–Trinajstić information content (AvgIpc) is 2.84. The summed E-state index contributed by atoms with van der Waals surface area (Å²) in [4.78, 5) is 13.8. The molecule has 1 atom stereocenters. The summed E-state index contributed by atoms with van der Waals surface area (Å²) in [6.07, 6.45) is 0.477. The maximum absolute atomic E-state index is 11.8. The van der Waals surface area contributed by atoms with Crippen LogP contribution < -0.4 is 5.32 Å². The number of methoxy groups -OCH3 is 1. The van der Waals surface area contributed by atoms with Crippen molar-refractivity contribution in [3.63, 3.8) is 0 Å². The van der Waals surface area contributed by atoms with Crippen molar-refractivity contribution in [1.82, 2.24) is 10.2 Å². The van der Waals surface area contributed by atoms with Gasteiger partial charge in [0.15, 0.2) is 0 Å². The molecule has 1 aromatic rings. The van der Waals surface area contributed by atoms with Crippen molar-refractivity contribution in [2.24, 2.45) is 0 Å². The monoisotopic (exact) mass is 278 g/mol. The lowest BCUT2D eigenvalue weighted by atomic mass is 10.1. The fourth-order valence-corrected chi connectivity index (χ4v) is 2.34. The minimum atomic E-state index is -0.281. The molecule has 1 aromatic carbocycles. The molecule has 5 nitrogen and oxygen atoms in total. The lowest BCUT2D eigenvalue weighted by Gasteiger charge is -2.14. The van der Waals surface area contributed by atoms with Crippen LogP contribution in [0.15, 0.2) is 24.3 Å². The van der Waals surface area contributed by atoms with Gasteiger partial charge in [-0.1, -0.05) is 24.3 Å². The zero-order chi connectivity index (χ0) is 14.4. The summed E-state index contributed by atoms with van der Waals surface area (Å²) in [5, 5.41) is 12.3. The molecule has 1 amide bonds. The number of nitrogens with one attached hydrogen (secondary N) is 1. The second-order valence-electron chi connectivity index (χ2n) is 5.20. The SMILES string of the molecule is COCc1ccc(CNC(=O)CN2CC[C@H](O)C2)cc1. The Morgan fingerprint density at radius 3 is 2.70 bits per heavy atom. The topological polar surface area (TPSA) is 61.8 Å².